The van der Waals surface area contributed by atoms with Crippen LogP contribution in [-0.4, -0.2) is 77.0 Å². The summed E-state index contributed by atoms with van der Waals surface area (Å²) in [5.41, 5.74) is 1.67. The Bertz CT molecular complexity index is 3580. The first-order valence-electron chi connectivity index (χ1n) is 22.7. The Morgan fingerprint density at radius 1 is 0.896 bits per heavy atom. The maximum absolute atomic E-state index is 16.2. The molecule has 3 fully saturated rings. The van der Waals surface area contributed by atoms with E-state index in [-0.39, 0.29) is 57.9 Å². The molecule has 0 radical (unpaired) electrons. The predicted molar refractivity (Wildman–Crippen MR) is 240 cm³/mol. The SMILES string of the molecule is Cc1cc(-n2nc3c(c2-n2ccn(-c4ccc5c(cnn5C)c4F)c2=O)[C@@H]2CC[C@H](C3)N2C(=O)c2cc3c(=O)n(C4CCOC(C)(C)C4)ccc3n2[C@@]2(c3noc(=O)[nH]3)C[C@@H]2C)cc(C)c1F. The van der Waals surface area contributed by atoms with Crippen LogP contribution in [0, 0.1) is 31.4 Å². The maximum Gasteiger partial charge on any atom is 0.438 e. The number of nitrogens with zero attached hydrogens (tertiary/aromatic N) is 10. The molecule has 8 aromatic rings. The Hall–Kier alpha value is -7.15. The average Bonchev–Trinajstić information content (AvgIpc) is 4.00. The van der Waals surface area contributed by atoms with Crippen LogP contribution < -0.4 is 17.0 Å². The molecule has 0 spiro atoms. The molecule has 5 atom stereocenters. The minimum Gasteiger partial charge on any atom is -0.375 e. The molecule has 1 aliphatic carbocycles. The molecule has 1 unspecified atom stereocenters. The van der Waals surface area contributed by atoms with Crippen LogP contribution in [0.4, 0.5) is 8.78 Å². The summed E-state index contributed by atoms with van der Waals surface area (Å²) in [6.45, 7) is 9.85. The minimum absolute atomic E-state index is 0.0273. The molecule has 1 N–H and O–H groups in total. The Balaban J connectivity index is 1.03. The first kappa shape index (κ1) is 41.3. The van der Waals surface area contributed by atoms with Gasteiger partial charge in [-0.3, -0.25) is 32.9 Å². The van der Waals surface area contributed by atoms with Gasteiger partial charge >= 0.3 is 11.4 Å². The number of aromatic nitrogens is 10. The van der Waals surface area contributed by atoms with Gasteiger partial charge in [-0.1, -0.05) is 12.1 Å². The molecular formula is C48H47F2N11O6. The molecule has 2 saturated heterocycles. The summed E-state index contributed by atoms with van der Waals surface area (Å²) in [7, 11) is 1.71. The summed E-state index contributed by atoms with van der Waals surface area (Å²) in [6.07, 6.45) is 9.52. The Labute approximate surface area is 379 Å². The molecule has 17 nitrogen and oxygen atoms in total. The molecule has 344 valence electrons. The highest BCUT2D eigenvalue weighted by atomic mass is 19.1. The molecule has 9 heterocycles. The second-order valence-electron chi connectivity index (χ2n) is 19.5. The van der Waals surface area contributed by atoms with Gasteiger partial charge in [0.25, 0.3) is 11.5 Å². The molecule has 4 aliphatic rings. The van der Waals surface area contributed by atoms with E-state index in [2.05, 4.69) is 15.2 Å². The maximum atomic E-state index is 16.2. The van der Waals surface area contributed by atoms with E-state index in [0.717, 1.165) is 0 Å². The van der Waals surface area contributed by atoms with Gasteiger partial charge < -0.3 is 18.8 Å². The Kier molecular flexibility index (Phi) is 8.74. The van der Waals surface area contributed by atoms with Crippen molar-refractivity contribution in [2.24, 2.45) is 13.0 Å². The van der Waals surface area contributed by atoms with Crippen molar-refractivity contribution >= 4 is 27.7 Å². The van der Waals surface area contributed by atoms with Crippen LogP contribution in [0.15, 0.2) is 80.1 Å². The highest BCUT2D eigenvalue weighted by molar-refractivity contribution is 6.00. The smallest absolute Gasteiger partial charge is 0.375 e. The van der Waals surface area contributed by atoms with Crippen molar-refractivity contribution in [1.29, 1.82) is 0 Å². The van der Waals surface area contributed by atoms with E-state index in [1.807, 2.05) is 36.3 Å². The third-order valence-corrected chi connectivity index (χ3v) is 15.0. The van der Waals surface area contributed by atoms with E-state index in [9.17, 15) is 14.4 Å². The number of aryl methyl sites for hydroxylation is 3. The zero-order valence-corrected chi connectivity index (χ0v) is 37.7. The van der Waals surface area contributed by atoms with Crippen molar-refractivity contribution < 1.29 is 22.8 Å². The number of carbonyl (C=O) groups excluding carboxylic acids is 1. The fraction of sp³-hybridized carbons (Fsp3) is 0.396. The number of hydrogen-bond acceptors (Lipinski definition) is 9. The van der Waals surface area contributed by atoms with Crippen LogP contribution in [0.1, 0.15) is 104 Å². The highest BCUT2D eigenvalue weighted by Gasteiger charge is 2.60. The van der Waals surface area contributed by atoms with E-state index in [4.69, 9.17) is 14.4 Å². The van der Waals surface area contributed by atoms with Gasteiger partial charge in [-0.05, 0) is 113 Å². The summed E-state index contributed by atoms with van der Waals surface area (Å²) >= 11 is 0. The number of imidazole rings is 1. The Morgan fingerprint density at radius 3 is 2.37 bits per heavy atom. The van der Waals surface area contributed by atoms with Gasteiger partial charge in [0.05, 0.1) is 56.7 Å². The standard InChI is InChI=1S/C48H47F2N11O6/c1-24-17-29(18-25(2)39(24)49)61-41(58-15-14-57(46(58)65)36-10-9-33-31(40(36)50)23-51-55(33)6)38-32(53-61)19-27-7-8-35(38)59(27)43(63)37-20-30-34(60(37)48(21-26(48)3)44-52-45(64)67-54-44)11-13-56(42(30)62)28-12-16-66-47(4,5)22-28/h9-11,13-15,17-18,20,23,26-28,35H,7-8,12,16,19,21-22H2,1-6H3,(H,52,54,64)/t26-,27+,28?,35-,48-/m0/s1. The van der Waals surface area contributed by atoms with Gasteiger partial charge in [-0.25, -0.2) is 23.1 Å². The number of ether oxygens (including phenoxy) is 1. The first-order valence-corrected chi connectivity index (χ1v) is 22.7. The van der Waals surface area contributed by atoms with Crippen molar-refractivity contribution in [3.05, 3.63) is 138 Å². The average molecular weight is 912 g/mol. The van der Waals surface area contributed by atoms with Crippen LogP contribution in [0.3, 0.4) is 0 Å². The number of carbonyl (C=O) groups is 1. The van der Waals surface area contributed by atoms with E-state index < -0.39 is 34.4 Å². The van der Waals surface area contributed by atoms with Gasteiger partial charge in [0.1, 0.15) is 22.9 Å². The van der Waals surface area contributed by atoms with Crippen molar-refractivity contribution in [2.75, 3.05) is 6.61 Å². The lowest BCUT2D eigenvalue weighted by Crippen LogP contribution is -2.43. The molecule has 6 aromatic heterocycles. The van der Waals surface area contributed by atoms with Gasteiger partial charge in [0, 0.05) is 56.3 Å². The molecule has 1 saturated carbocycles. The van der Waals surface area contributed by atoms with Crippen molar-refractivity contribution in [2.45, 2.75) is 102 Å². The topological polar surface area (TPSA) is 178 Å². The molecule has 2 bridgehead atoms. The summed E-state index contributed by atoms with van der Waals surface area (Å²) < 4.78 is 51.8. The molecule has 2 aromatic carbocycles. The number of H-pyrrole nitrogens is 1. The molecule has 67 heavy (non-hydrogen) atoms. The third kappa shape index (κ3) is 5.88. The fourth-order valence-corrected chi connectivity index (χ4v) is 11.6. The number of hydrogen-bond donors (Lipinski definition) is 1. The third-order valence-electron chi connectivity index (χ3n) is 15.0. The van der Waals surface area contributed by atoms with Crippen LogP contribution >= 0.6 is 0 Å². The second kappa shape index (κ2) is 14.2. The van der Waals surface area contributed by atoms with Gasteiger partial charge in [0.2, 0.25) is 0 Å². The van der Waals surface area contributed by atoms with Gasteiger partial charge in [0.15, 0.2) is 11.6 Å². The van der Waals surface area contributed by atoms with Crippen LogP contribution in [0.25, 0.3) is 39.0 Å². The summed E-state index contributed by atoms with van der Waals surface area (Å²) in [5.74, 6) is -1.56. The normalized spacial score (nSPS) is 23.1. The Morgan fingerprint density at radius 2 is 1.66 bits per heavy atom. The number of rotatable bonds is 7. The number of pyridine rings is 1. The van der Waals surface area contributed by atoms with E-state index in [0.29, 0.717) is 95.4 Å². The highest BCUT2D eigenvalue weighted by Crippen LogP contribution is 2.56. The number of benzene rings is 2. The number of halogens is 2. The van der Waals surface area contributed by atoms with Crippen molar-refractivity contribution in [3.8, 4) is 17.2 Å². The monoisotopic (exact) mass is 911 g/mol. The first-order chi connectivity index (χ1) is 32.1. The van der Waals surface area contributed by atoms with Crippen molar-refractivity contribution in [3.63, 3.8) is 0 Å². The van der Waals surface area contributed by atoms with E-state index in [1.165, 1.54) is 27.6 Å². The zero-order chi connectivity index (χ0) is 46.6. The van der Waals surface area contributed by atoms with Crippen LogP contribution in [0.5, 0.6) is 0 Å². The molecule has 1 amide bonds. The minimum atomic E-state index is -1.00. The number of nitrogens with one attached hydrogen (secondary N) is 1. The molecular weight excluding hydrogens is 865 g/mol. The summed E-state index contributed by atoms with van der Waals surface area (Å²) in [6, 6.07) is 9.07. The number of fused-ring (bicyclic) bond motifs is 6. The lowest BCUT2D eigenvalue weighted by atomic mass is 9.93. The predicted octanol–water partition coefficient (Wildman–Crippen LogP) is 6.20. The summed E-state index contributed by atoms with van der Waals surface area (Å²) in [4.78, 5) is 62.3. The molecule has 12 rings (SSSR count). The largest absolute Gasteiger partial charge is 0.438 e. The molecule has 19 heteroatoms. The van der Waals surface area contributed by atoms with Crippen LogP contribution in [-0.2, 0) is 23.7 Å². The zero-order valence-electron chi connectivity index (χ0n) is 37.7. The van der Waals surface area contributed by atoms with E-state index >= 15 is 13.6 Å². The lowest BCUT2D eigenvalue weighted by molar-refractivity contribution is -0.0695. The number of amides is 1. The van der Waals surface area contributed by atoms with E-state index in [1.54, 1.807) is 71.5 Å². The summed E-state index contributed by atoms with van der Waals surface area (Å²) in [5, 5.41) is 14.1. The van der Waals surface area contributed by atoms with Gasteiger partial charge in [-0.2, -0.15) is 10.2 Å². The number of aromatic amines is 1. The van der Waals surface area contributed by atoms with Crippen molar-refractivity contribution in [1.82, 2.24) is 52.9 Å². The van der Waals surface area contributed by atoms with Gasteiger partial charge in [-0.15, -0.1) is 0 Å². The second-order valence-corrected chi connectivity index (χ2v) is 19.5. The quantitative estimate of drug-likeness (QED) is 0.195. The lowest BCUT2D eigenvalue weighted by Gasteiger charge is -2.36. The molecule has 3 aliphatic heterocycles. The fourth-order valence-electron chi connectivity index (χ4n) is 11.6. The van der Waals surface area contributed by atoms with Crippen LogP contribution in [0.2, 0.25) is 0 Å².